The normalized spacial score (nSPS) is 12.0. The lowest BCUT2D eigenvalue weighted by Gasteiger charge is -2.01. The maximum Gasteiger partial charge on any atom is 0.301 e. The predicted molar refractivity (Wildman–Crippen MR) is 80.1 cm³/mol. The first-order valence-corrected chi connectivity index (χ1v) is 8.05. The first-order chi connectivity index (χ1) is 10.2. The Kier molecular flexibility index (Phi) is 3.94. The molecule has 3 rings (SSSR count). The third kappa shape index (κ3) is 3.09. The van der Waals surface area contributed by atoms with Crippen LogP contribution in [-0.4, -0.2) is 15.3 Å². The zero-order valence-corrected chi connectivity index (χ0v) is 12.3. The van der Waals surface area contributed by atoms with Gasteiger partial charge in [0.05, 0.1) is 9.77 Å². The SMILES string of the molecule is O=C(NS(=O)c1ccccc1)c1cc(-c2cccs2)no1. The van der Waals surface area contributed by atoms with Crippen molar-refractivity contribution in [2.75, 3.05) is 0 Å². The quantitative estimate of drug-likeness (QED) is 0.803. The summed E-state index contributed by atoms with van der Waals surface area (Å²) in [5, 5.41) is 5.75. The second kappa shape index (κ2) is 6.02. The van der Waals surface area contributed by atoms with E-state index in [2.05, 4.69) is 9.88 Å². The molecule has 0 saturated heterocycles. The van der Waals surface area contributed by atoms with Crippen molar-refractivity contribution in [1.29, 1.82) is 0 Å². The van der Waals surface area contributed by atoms with E-state index >= 15 is 0 Å². The summed E-state index contributed by atoms with van der Waals surface area (Å²) in [6.07, 6.45) is 0. The van der Waals surface area contributed by atoms with Gasteiger partial charge in [-0.2, -0.15) is 0 Å². The molecule has 1 aromatic carbocycles. The molecule has 1 amide bonds. The van der Waals surface area contributed by atoms with Crippen molar-refractivity contribution < 1.29 is 13.5 Å². The second-order valence-corrected chi connectivity index (χ2v) is 6.23. The number of carbonyl (C=O) groups excluding carboxylic acids is 1. The minimum Gasteiger partial charge on any atom is -0.350 e. The number of hydrogen-bond donors (Lipinski definition) is 1. The van der Waals surface area contributed by atoms with Gasteiger partial charge in [-0.3, -0.25) is 9.52 Å². The van der Waals surface area contributed by atoms with Crippen molar-refractivity contribution in [3.63, 3.8) is 0 Å². The Balaban J connectivity index is 1.73. The van der Waals surface area contributed by atoms with Crippen LogP contribution in [-0.2, 0) is 11.0 Å². The molecule has 3 aromatic rings. The Morgan fingerprint density at radius 1 is 1.19 bits per heavy atom. The number of amides is 1. The van der Waals surface area contributed by atoms with Crippen LogP contribution in [0.25, 0.3) is 10.6 Å². The van der Waals surface area contributed by atoms with E-state index in [0.29, 0.717) is 10.6 Å². The fourth-order valence-corrected chi connectivity index (χ4v) is 3.13. The van der Waals surface area contributed by atoms with E-state index in [0.717, 1.165) is 4.88 Å². The monoisotopic (exact) mass is 318 g/mol. The van der Waals surface area contributed by atoms with Crippen LogP contribution in [0.2, 0.25) is 0 Å². The van der Waals surface area contributed by atoms with Crippen LogP contribution in [0.4, 0.5) is 0 Å². The molecule has 0 aliphatic rings. The van der Waals surface area contributed by atoms with Crippen molar-refractivity contribution >= 4 is 28.2 Å². The summed E-state index contributed by atoms with van der Waals surface area (Å²) in [4.78, 5) is 13.4. The van der Waals surface area contributed by atoms with E-state index in [9.17, 15) is 9.00 Å². The summed E-state index contributed by atoms with van der Waals surface area (Å²) in [5.41, 5.74) is 0.584. The van der Waals surface area contributed by atoms with Crippen LogP contribution < -0.4 is 4.72 Å². The van der Waals surface area contributed by atoms with Crippen LogP contribution in [0.1, 0.15) is 10.6 Å². The van der Waals surface area contributed by atoms with Gasteiger partial charge in [-0.05, 0) is 23.6 Å². The summed E-state index contributed by atoms with van der Waals surface area (Å²) in [6.45, 7) is 0. The molecule has 0 saturated carbocycles. The Bertz CT molecular complexity index is 767. The average Bonchev–Trinajstić information content (AvgIpc) is 3.19. The molecular formula is C14H10N2O3S2. The molecule has 0 aliphatic carbocycles. The summed E-state index contributed by atoms with van der Waals surface area (Å²) in [7, 11) is -1.63. The summed E-state index contributed by atoms with van der Waals surface area (Å²) in [6, 6.07) is 14.0. The maximum absolute atomic E-state index is 12.0. The highest BCUT2D eigenvalue weighted by atomic mass is 32.2. The number of benzene rings is 1. The Morgan fingerprint density at radius 3 is 2.71 bits per heavy atom. The summed E-state index contributed by atoms with van der Waals surface area (Å²) in [5.74, 6) is -0.532. The van der Waals surface area contributed by atoms with Crippen molar-refractivity contribution in [1.82, 2.24) is 9.88 Å². The Labute approximate surface area is 127 Å². The Morgan fingerprint density at radius 2 is 2.00 bits per heavy atom. The van der Waals surface area contributed by atoms with E-state index in [4.69, 9.17) is 4.52 Å². The molecular weight excluding hydrogens is 308 g/mol. The van der Waals surface area contributed by atoms with Gasteiger partial charge in [-0.25, -0.2) is 4.21 Å². The zero-order chi connectivity index (χ0) is 14.7. The van der Waals surface area contributed by atoms with Crippen molar-refractivity contribution in [2.24, 2.45) is 0 Å². The van der Waals surface area contributed by atoms with Crippen LogP contribution in [0.5, 0.6) is 0 Å². The van der Waals surface area contributed by atoms with Gasteiger partial charge in [0.25, 0.3) is 0 Å². The van der Waals surface area contributed by atoms with Gasteiger partial charge in [0.15, 0.2) is 11.0 Å². The third-order valence-electron chi connectivity index (χ3n) is 2.65. The molecule has 5 nitrogen and oxygen atoms in total. The van der Waals surface area contributed by atoms with E-state index in [1.54, 1.807) is 24.3 Å². The van der Waals surface area contributed by atoms with E-state index in [1.807, 2.05) is 23.6 Å². The van der Waals surface area contributed by atoms with E-state index in [1.165, 1.54) is 17.4 Å². The molecule has 0 radical (unpaired) electrons. The number of carbonyl (C=O) groups is 1. The highest BCUT2D eigenvalue weighted by molar-refractivity contribution is 7.83. The molecule has 0 aliphatic heterocycles. The lowest BCUT2D eigenvalue weighted by atomic mass is 10.3. The molecule has 7 heteroatoms. The zero-order valence-electron chi connectivity index (χ0n) is 10.7. The molecule has 1 atom stereocenters. The van der Waals surface area contributed by atoms with Gasteiger partial charge in [-0.15, -0.1) is 11.3 Å². The first-order valence-electron chi connectivity index (χ1n) is 6.02. The van der Waals surface area contributed by atoms with Gasteiger partial charge in [-0.1, -0.05) is 29.4 Å². The molecule has 106 valence electrons. The van der Waals surface area contributed by atoms with E-state index < -0.39 is 16.9 Å². The van der Waals surface area contributed by atoms with Crippen molar-refractivity contribution in [3.8, 4) is 10.6 Å². The minimum absolute atomic E-state index is 0.0303. The van der Waals surface area contributed by atoms with Crippen LogP contribution >= 0.6 is 11.3 Å². The molecule has 1 unspecified atom stereocenters. The number of nitrogens with zero attached hydrogens (tertiary/aromatic N) is 1. The lowest BCUT2D eigenvalue weighted by molar-refractivity contribution is 0.0947. The van der Waals surface area contributed by atoms with Crippen LogP contribution in [0, 0.1) is 0 Å². The highest BCUT2D eigenvalue weighted by Gasteiger charge is 2.17. The van der Waals surface area contributed by atoms with Crippen LogP contribution in [0.3, 0.4) is 0 Å². The molecule has 0 fully saturated rings. The van der Waals surface area contributed by atoms with Crippen molar-refractivity contribution in [3.05, 3.63) is 59.7 Å². The molecule has 2 heterocycles. The first kappa shape index (κ1) is 13.7. The predicted octanol–water partition coefficient (Wildman–Crippen LogP) is 2.86. The Hall–Kier alpha value is -2.25. The molecule has 1 N–H and O–H groups in total. The standard InChI is InChI=1S/C14H10N2O3S2/c17-14(16-21(18)10-5-2-1-3-6-10)12-9-11(15-19-12)13-7-4-8-20-13/h1-9H,(H,16,17). The summed E-state index contributed by atoms with van der Waals surface area (Å²) < 4.78 is 19.4. The van der Waals surface area contributed by atoms with Gasteiger partial charge in [0.2, 0.25) is 5.76 Å². The number of thiophene rings is 1. The second-order valence-electron chi connectivity index (χ2n) is 4.07. The van der Waals surface area contributed by atoms with Gasteiger partial charge in [0, 0.05) is 6.07 Å². The minimum atomic E-state index is -1.63. The lowest BCUT2D eigenvalue weighted by Crippen LogP contribution is -2.25. The van der Waals surface area contributed by atoms with Gasteiger partial charge < -0.3 is 4.52 Å². The highest BCUT2D eigenvalue weighted by Crippen LogP contribution is 2.24. The number of hydrogen-bond acceptors (Lipinski definition) is 5. The molecule has 2 aromatic heterocycles. The molecule has 21 heavy (non-hydrogen) atoms. The van der Waals surface area contributed by atoms with Gasteiger partial charge in [0.1, 0.15) is 5.69 Å². The van der Waals surface area contributed by atoms with Crippen molar-refractivity contribution in [2.45, 2.75) is 4.90 Å². The fraction of sp³-hybridized carbons (Fsp3) is 0. The van der Waals surface area contributed by atoms with E-state index in [-0.39, 0.29) is 5.76 Å². The number of nitrogens with one attached hydrogen (secondary N) is 1. The largest absolute Gasteiger partial charge is 0.350 e. The number of aromatic nitrogens is 1. The summed E-state index contributed by atoms with van der Waals surface area (Å²) >= 11 is 1.50. The molecule has 0 bridgehead atoms. The topological polar surface area (TPSA) is 72.2 Å². The molecule has 0 spiro atoms. The number of rotatable bonds is 4. The smallest absolute Gasteiger partial charge is 0.301 e. The van der Waals surface area contributed by atoms with Crippen LogP contribution in [0.15, 0.2) is 63.3 Å². The third-order valence-corrected chi connectivity index (χ3v) is 4.61. The fourth-order valence-electron chi connectivity index (χ4n) is 1.66. The average molecular weight is 318 g/mol. The van der Waals surface area contributed by atoms with Gasteiger partial charge >= 0.3 is 5.91 Å². The maximum atomic E-state index is 12.0.